The Balaban J connectivity index is 1.96. The Labute approximate surface area is 130 Å². The zero-order chi connectivity index (χ0) is 15.7. The number of carbonyl (C=O) groups is 1. The number of aryl methyl sites for hydroxylation is 1. The standard InChI is InChI=1S/C14H15N5O2S/c1-3-12-16-7-9(22-12)8-18(2)14-17-10(13(20)21)6-11-15-4-5-19(11)14/h4-7H,3,8H2,1-2H3,(H,20,21). The maximum atomic E-state index is 11.2. The first-order chi connectivity index (χ1) is 10.6. The van der Waals surface area contributed by atoms with Crippen LogP contribution < -0.4 is 4.90 Å². The van der Waals surface area contributed by atoms with E-state index < -0.39 is 5.97 Å². The van der Waals surface area contributed by atoms with E-state index in [-0.39, 0.29) is 5.69 Å². The quantitative estimate of drug-likeness (QED) is 0.775. The third-order valence-electron chi connectivity index (χ3n) is 3.23. The molecule has 3 aromatic rings. The van der Waals surface area contributed by atoms with E-state index in [0.29, 0.717) is 18.1 Å². The van der Waals surface area contributed by atoms with Gasteiger partial charge >= 0.3 is 5.97 Å². The van der Waals surface area contributed by atoms with Crippen LogP contribution in [0.1, 0.15) is 27.3 Å². The number of hydrogen-bond donors (Lipinski definition) is 1. The molecule has 0 radical (unpaired) electrons. The van der Waals surface area contributed by atoms with Crippen LogP contribution in [0.25, 0.3) is 5.65 Å². The van der Waals surface area contributed by atoms with Gasteiger partial charge in [0.15, 0.2) is 5.69 Å². The molecule has 8 heteroatoms. The van der Waals surface area contributed by atoms with Crippen LogP contribution in [0.15, 0.2) is 24.7 Å². The summed E-state index contributed by atoms with van der Waals surface area (Å²) in [6.07, 6.45) is 6.16. The minimum atomic E-state index is -1.06. The second-order valence-electron chi connectivity index (χ2n) is 4.83. The number of rotatable bonds is 5. The fourth-order valence-corrected chi connectivity index (χ4v) is 3.09. The summed E-state index contributed by atoms with van der Waals surface area (Å²) in [5, 5.41) is 10.3. The van der Waals surface area contributed by atoms with Crippen LogP contribution in [0.4, 0.5) is 5.95 Å². The van der Waals surface area contributed by atoms with Crippen molar-refractivity contribution in [3.05, 3.63) is 40.2 Å². The molecule has 0 unspecified atom stereocenters. The van der Waals surface area contributed by atoms with Crippen LogP contribution in [0, 0.1) is 0 Å². The van der Waals surface area contributed by atoms with Crippen LogP contribution in [0.2, 0.25) is 0 Å². The summed E-state index contributed by atoms with van der Waals surface area (Å²) in [5.74, 6) is -0.523. The first-order valence-electron chi connectivity index (χ1n) is 6.80. The van der Waals surface area contributed by atoms with E-state index in [9.17, 15) is 9.90 Å². The minimum absolute atomic E-state index is 0.0147. The van der Waals surface area contributed by atoms with E-state index in [1.54, 1.807) is 28.1 Å². The fourth-order valence-electron chi connectivity index (χ4n) is 2.17. The number of aromatic carboxylic acids is 1. The highest BCUT2D eigenvalue weighted by Crippen LogP contribution is 2.20. The van der Waals surface area contributed by atoms with Gasteiger partial charge in [-0.05, 0) is 6.42 Å². The number of imidazole rings is 1. The molecular formula is C14H15N5O2S. The van der Waals surface area contributed by atoms with Crippen molar-refractivity contribution in [2.75, 3.05) is 11.9 Å². The molecule has 3 rings (SSSR count). The van der Waals surface area contributed by atoms with Gasteiger partial charge in [0.25, 0.3) is 0 Å². The van der Waals surface area contributed by atoms with Crippen molar-refractivity contribution in [2.45, 2.75) is 19.9 Å². The zero-order valence-corrected chi connectivity index (χ0v) is 13.0. The third-order valence-corrected chi connectivity index (χ3v) is 4.35. The Bertz CT molecular complexity index is 826. The predicted octanol–water partition coefficient (Wildman–Crippen LogP) is 2.08. The van der Waals surface area contributed by atoms with Gasteiger partial charge in [-0.1, -0.05) is 6.92 Å². The molecule has 0 fully saturated rings. The van der Waals surface area contributed by atoms with E-state index in [1.165, 1.54) is 6.07 Å². The lowest BCUT2D eigenvalue weighted by molar-refractivity contribution is 0.0690. The Morgan fingerprint density at radius 3 is 2.95 bits per heavy atom. The smallest absolute Gasteiger partial charge is 0.354 e. The van der Waals surface area contributed by atoms with Gasteiger partial charge in [-0.25, -0.2) is 19.7 Å². The van der Waals surface area contributed by atoms with Gasteiger partial charge < -0.3 is 10.0 Å². The van der Waals surface area contributed by atoms with Crippen molar-refractivity contribution in [3.8, 4) is 0 Å². The Morgan fingerprint density at radius 1 is 1.45 bits per heavy atom. The molecule has 0 aromatic carbocycles. The van der Waals surface area contributed by atoms with Crippen molar-refractivity contribution in [1.29, 1.82) is 0 Å². The maximum absolute atomic E-state index is 11.2. The topological polar surface area (TPSA) is 83.6 Å². The summed E-state index contributed by atoms with van der Waals surface area (Å²) in [5.41, 5.74) is 0.548. The van der Waals surface area contributed by atoms with Gasteiger partial charge in [-0.2, -0.15) is 0 Å². The van der Waals surface area contributed by atoms with Gasteiger partial charge in [-0.3, -0.25) is 4.40 Å². The van der Waals surface area contributed by atoms with Crippen molar-refractivity contribution in [2.24, 2.45) is 0 Å². The van der Waals surface area contributed by atoms with E-state index in [4.69, 9.17) is 0 Å². The first-order valence-corrected chi connectivity index (χ1v) is 7.62. The van der Waals surface area contributed by atoms with E-state index in [2.05, 4.69) is 21.9 Å². The van der Waals surface area contributed by atoms with Gasteiger partial charge in [-0.15, -0.1) is 11.3 Å². The molecule has 3 aromatic heterocycles. The molecule has 1 N–H and O–H groups in total. The van der Waals surface area contributed by atoms with Gasteiger partial charge in [0.1, 0.15) is 5.65 Å². The summed E-state index contributed by atoms with van der Waals surface area (Å²) >= 11 is 1.65. The molecule has 22 heavy (non-hydrogen) atoms. The van der Waals surface area contributed by atoms with E-state index >= 15 is 0 Å². The zero-order valence-electron chi connectivity index (χ0n) is 12.2. The molecule has 0 saturated carbocycles. The number of carboxylic acid groups (broad SMARTS) is 1. The fraction of sp³-hybridized carbons (Fsp3) is 0.286. The van der Waals surface area contributed by atoms with Crippen LogP contribution in [0.5, 0.6) is 0 Å². The lowest BCUT2D eigenvalue weighted by Gasteiger charge is -2.18. The normalized spacial score (nSPS) is 11.0. The van der Waals surface area contributed by atoms with Gasteiger partial charge in [0.2, 0.25) is 5.95 Å². The second kappa shape index (κ2) is 5.72. The minimum Gasteiger partial charge on any atom is -0.477 e. The number of carboxylic acids is 1. The van der Waals surface area contributed by atoms with E-state index in [0.717, 1.165) is 16.3 Å². The summed E-state index contributed by atoms with van der Waals surface area (Å²) in [6.45, 7) is 2.68. The molecule has 0 spiro atoms. The van der Waals surface area contributed by atoms with Crippen LogP contribution >= 0.6 is 11.3 Å². The summed E-state index contributed by atoms with van der Waals surface area (Å²) in [4.78, 5) is 26.9. The molecule has 0 amide bonds. The highest BCUT2D eigenvalue weighted by atomic mass is 32.1. The Hall–Kier alpha value is -2.48. The molecular weight excluding hydrogens is 302 g/mol. The average molecular weight is 317 g/mol. The highest BCUT2D eigenvalue weighted by molar-refractivity contribution is 7.11. The molecule has 0 aliphatic rings. The molecule has 0 saturated heterocycles. The number of fused-ring (bicyclic) bond motifs is 1. The number of nitrogens with zero attached hydrogens (tertiary/aromatic N) is 5. The molecule has 3 heterocycles. The van der Waals surface area contributed by atoms with Crippen molar-refractivity contribution in [1.82, 2.24) is 19.4 Å². The lowest BCUT2D eigenvalue weighted by Crippen LogP contribution is -2.21. The van der Waals surface area contributed by atoms with Gasteiger partial charge in [0, 0.05) is 36.6 Å². The SMILES string of the molecule is CCc1ncc(CN(C)c2nc(C(=O)O)cc3nccn23)s1. The first kappa shape index (κ1) is 14.5. The van der Waals surface area contributed by atoms with Crippen molar-refractivity contribution in [3.63, 3.8) is 0 Å². The van der Waals surface area contributed by atoms with Crippen LogP contribution in [0.3, 0.4) is 0 Å². The Kier molecular flexibility index (Phi) is 3.76. The van der Waals surface area contributed by atoms with E-state index in [1.807, 2.05) is 18.1 Å². The Morgan fingerprint density at radius 2 is 2.27 bits per heavy atom. The van der Waals surface area contributed by atoms with Crippen molar-refractivity contribution >= 4 is 28.9 Å². The maximum Gasteiger partial charge on any atom is 0.354 e. The third kappa shape index (κ3) is 2.64. The second-order valence-corrected chi connectivity index (χ2v) is 6.03. The number of aromatic nitrogens is 4. The molecule has 114 valence electrons. The summed E-state index contributed by atoms with van der Waals surface area (Å²) in [7, 11) is 1.87. The average Bonchev–Trinajstić information content (AvgIpc) is 3.14. The van der Waals surface area contributed by atoms with Crippen molar-refractivity contribution < 1.29 is 9.90 Å². The number of anilines is 1. The summed E-state index contributed by atoms with van der Waals surface area (Å²) in [6, 6.07) is 1.46. The van der Waals surface area contributed by atoms with Crippen LogP contribution in [-0.2, 0) is 13.0 Å². The molecule has 0 atom stereocenters. The van der Waals surface area contributed by atoms with Gasteiger partial charge in [0.05, 0.1) is 11.6 Å². The lowest BCUT2D eigenvalue weighted by atomic mass is 10.4. The predicted molar refractivity (Wildman–Crippen MR) is 83.5 cm³/mol. The van der Waals surface area contributed by atoms with Crippen LogP contribution in [-0.4, -0.2) is 37.5 Å². The number of hydrogen-bond acceptors (Lipinski definition) is 6. The largest absolute Gasteiger partial charge is 0.477 e. The number of thiazole rings is 1. The molecule has 0 aliphatic carbocycles. The highest BCUT2D eigenvalue weighted by Gasteiger charge is 2.15. The monoisotopic (exact) mass is 317 g/mol. The molecule has 7 nitrogen and oxygen atoms in total. The molecule has 0 bridgehead atoms. The molecule has 0 aliphatic heterocycles. The summed E-state index contributed by atoms with van der Waals surface area (Å²) < 4.78 is 1.77.